The Hall–Kier alpha value is -3.20. The summed E-state index contributed by atoms with van der Waals surface area (Å²) in [5.41, 5.74) is 4.11. The van der Waals surface area contributed by atoms with Crippen molar-refractivity contribution in [2.75, 3.05) is 5.32 Å². The average Bonchev–Trinajstić information content (AvgIpc) is 3.19. The first-order valence-corrected chi connectivity index (χ1v) is 11.1. The summed E-state index contributed by atoms with van der Waals surface area (Å²) in [6, 6.07) is 18.1. The van der Waals surface area contributed by atoms with E-state index in [0.717, 1.165) is 16.8 Å². The molecule has 3 aromatic carbocycles. The quantitative estimate of drug-likeness (QED) is 0.362. The van der Waals surface area contributed by atoms with Gasteiger partial charge in [-0.25, -0.2) is 0 Å². The number of fused-ring (bicyclic) bond motifs is 1. The number of aromatic nitrogens is 3. The molecule has 1 unspecified atom stereocenters. The molecule has 0 bridgehead atoms. The number of hydrogen-bond acceptors (Lipinski definition) is 5. The number of nitrogens with zero attached hydrogens (tertiary/aromatic N) is 3. The van der Waals surface area contributed by atoms with E-state index in [1.165, 1.54) is 0 Å². The molecule has 0 aliphatic heterocycles. The summed E-state index contributed by atoms with van der Waals surface area (Å²) in [5, 5.41) is 15.5. The highest BCUT2D eigenvalue weighted by molar-refractivity contribution is 7.80. The summed E-state index contributed by atoms with van der Waals surface area (Å²) in [7, 11) is 0. The van der Waals surface area contributed by atoms with Gasteiger partial charge in [0, 0.05) is 10.7 Å². The Morgan fingerprint density at radius 1 is 1.03 bits per heavy atom. The van der Waals surface area contributed by atoms with Gasteiger partial charge in [0.05, 0.1) is 10.7 Å². The molecule has 0 saturated carbocycles. The van der Waals surface area contributed by atoms with E-state index in [9.17, 15) is 4.79 Å². The van der Waals surface area contributed by atoms with Crippen molar-refractivity contribution in [3.05, 3.63) is 76.3 Å². The molecule has 7 nitrogen and oxygen atoms in total. The Morgan fingerprint density at radius 3 is 2.48 bits per heavy atom. The second kappa shape index (κ2) is 9.74. The molecule has 168 valence electrons. The number of benzene rings is 3. The van der Waals surface area contributed by atoms with Crippen LogP contribution in [0.15, 0.2) is 60.7 Å². The van der Waals surface area contributed by atoms with Crippen molar-refractivity contribution >= 4 is 63.2 Å². The van der Waals surface area contributed by atoms with Crippen molar-refractivity contribution in [2.45, 2.75) is 20.0 Å². The molecule has 33 heavy (non-hydrogen) atoms. The molecule has 0 aliphatic carbocycles. The number of rotatable bonds is 5. The van der Waals surface area contributed by atoms with Gasteiger partial charge in [0.1, 0.15) is 16.8 Å². The van der Waals surface area contributed by atoms with E-state index in [1.807, 2.05) is 43.3 Å². The summed E-state index contributed by atoms with van der Waals surface area (Å²) in [4.78, 5) is 14.0. The third kappa shape index (κ3) is 5.60. The molecule has 0 saturated heterocycles. The predicted molar refractivity (Wildman–Crippen MR) is 135 cm³/mol. The normalized spacial score (nSPS) is 11.8. The molecule has 1 aromatic heterocycles. The third-order valence-electron chi connectivity index (χ3n) is 4.71. The zero-order valence-corrected chi connectivity index (χ0v) is 20.0. The number of anilines is 1. The van der Waals surface area contributed by atoms with Gasteiger partial charge in [-0.2, -0.15) is 4.80 Å². The van der Waals surface area contributed by atoms with Crippen molar-refractivity contribution in [1.29, 1.82) is 0 Å². The largest absolute Gasteiger partial charge is 0.479 e. The lowest BCUT2D eigenvalue weighted by atomic mass is 10.2. The molecule has 0 aliphatic rings. The van der Waals surface area contributed by atoms with Gasteiger partial charge in [-0.05, 0) is 74.6 Å². The first kappa shape index (κ1) is 23.0. The maximum absolute atomic E-state index is 12.5. The Morgan fingerprint density at radius 2 is 1.76 bits per heavy atom. The van der Waals surface area contributed by atoms with Crippen molar-refractivity contribution < 1.29 is 9.53 Å². The highest BCUT2D eigenvalue weighted by Gasteiger charge is 2.18. The van der Waals surface area contributed by atoms with Gasteiger partial charge in [-0.15, -0.1) is 10.2 Å². The minimum atomic E-state index is -0.833. The van der Waals surface area contributed by atoms with Gasteiger partial charge in [-0.3, -0.25) is 10.1 Å². The smallest absolute Gasteiger partial charge is 0.266 e. The lowest BCUT2D eigenvalue weighted by Gasteiger charge is -2.16. The van der Waals surface area contributed by atoms with Crippen LogP contribution in [0, 0.1) is 6.92 Å². The SMILES string of the molecule is Cc1ccc(-n2nc3ccc(NC(=S)NC(=O)C(C)Oc4ccc(Cl)cc4Cl)cc3n2)cc1. The Balaban J connectivity index is 1.39. The molecule has 4 rings (SSSR count). The van der Waals surface area contributed by atoms with E-state index in [1.54, 1.807) is 36.0 Å². The molecular formula is C23H19Cl2N5O2S. The summed E-state index contributed by atoms with van der Waals surface area (Å²) < 4.78 is 5.61. The number of halogens is 2. The predicted octanol–water partition coefficient (Wildman–Crippen LogP) is 5.32. The molecule has 0 spiro atoms. The fourth-order valence-electron chi connectivity index (χ4n) is 2.98. The number of aryl methyl sites for hydroxylation is 1. The molecule has 4 aromatic rings. The van der Waals surface area contributed by atoms with Crippen LogP contribution in [0.2, 0.25) is 10.0 Å². The van der Waals surface area contributed by atoms with Gasteiger partial charge < -0.3 is 10.1 Å². The second-order valence-electron chi connectivity index (χ2n) is 7.31. The van der Waals surface area contributed by atoms with E-state index in [4.69, 9.17) is 40.2 Å². The minimum absolute atomic E-state index is 0.128. The zero-order valence-electron chi connectivity index (χ0n) is 17.7. The van der Waals surface area contributed by atoms with Crippen molar-refractivity contribution in [1.82, 2.24) is 20.3 Å². The van der Waals surface area contributed by atoms with Crippen LogP contribution >= 0.6 is 35.4 Å². The molecule has 1 atom stereocenters. The molecule has 0 fully saturated rings. The number of carbonyl (C=O) groups is 1. The van der Waals surface area contributed by atoms with E-state index in [0.29, 0.717) is 27.0 Å². The molecule has 10 heteroatoms. The van der Waals surface area contributed by atoms with Gasteiger partial charge >= 0.3 is 0 Å². The summed E-state index contributed by atoms with van der Waals surface area (Å²) >= 11 is 17.2. The van der Waals surface area contributed by atoms with Crippen molar-refractivity contribution in [3.63, 3.8) is 0 Å². The minimum Gasteiger partial charge on any atom is -0.479 e. The maximum atomic E-state index is 12.5. The number of amides is 1. The molecule has 2 N–H and O–H groups in total. The maximum Gasteiger partial charge on any atom is 0.266 e. The van der Waals surface area contributed by atoms with Crippen LogP contribution < -0.4 is 15.4 Å². The highest BCUT2D eigenvalue weighted by Crippen LogP contribution is 2.28. The number of ether oxygens (including phenoxy) is 1. The molecule has 1 amide bonds. The summed E-state index contributed by atoms with van der Waals surface area (Å²) in [5.74, 6) is -0.0744. The molecule has 1 heterocycles. The number of carbonyl (C=O) groups excluding carboxylic acids is 1. The van der Waals surface area contributed by atoms with Gasteiger partial charge in [0.25, 0.3) is 5.91 Å². The van der Waals surface area contributed by atoms with Gasteiger partial charge in [-0.1, -0.05) is 40.9 Å². The third-order valence-corrected chi connectivity index (χ3v) is 5.44. The highest BCUT2D eigenvalue weighted by atomic mass is 35.5. The van der Waals surface area contributed by atoms with Crippen LogP contribution in [0.4, 0.5) is 5.69 Å². The Labute approximate surface area is 205 Å². The monoisotopic (exact) mass is 499 g/mol. The van der Waals surface area contributed by atoms with Crippen LogP contribution in [0.5, 0.6) is 5.75 Å². The summed E-state index contributed by atoms with van der Waals surface area (Å²) in [6.07, 6.45) is -0.833. The van der Waals surface area contributed by atoms with Crippen LogP contribution in [0.1, 0.15) is 12.5 Å². The molecule has 0 radical (unpaired) electrons. The van der Waals surface area contributed by atoms with Crippen LogP contribution in [-0.4, -0.2) is 32.1 Å². The van der Waals surface area contributed by atoms with Crippen molar-refractivity contribution in [2.24, 2.45) is 0 Å². The number of nitrogens with one attached hydrogen (secondary N) is 2. The first-order chi connectivity index (χ1) is 15.8. The van der Waals surface area contributed by atoms with E-state index < -0.39 is 12.0 Å². The summed E-state index contributed by atoms with van der Waals surface area (Å²) in [6.45, 7) is 3.62. The fraction of sp³-hybridized carbons (Fsp3) is 0.130. The average molecular weight is 500 g/mol. The number of thiocarbonyl (C=S) groups is 1. The standard InChI is InChI=1S/C23H19Cl2N5O2S/c1-13-3-7-17(8-4-13)30-28-19-9-6-16(12-20(19)29-30)26-23(33)27-22(31)14(2)32-21-10-5-15(24)11-18(21)25/h3-12,14H,1-2H3,(H2,26,27,31,33). The van der Waals surface area contributed by atoms with Gasteiger partial charge in [0.15, 0.2) is 11.2 Å². The van der Waals surface area contributed by atoms with Crippen LogP contribution in [-0.2, 0) is 4.79 Å². The lowest BCUT2D eigenvalue weighted by molar-refractivity contribution is -0.125. The molecular weight excluding hydrogens is 481 g/mol. The fourth-order valence-corrected chi connectivity index (χ4v) is 3.65. The van der Waals surface area contributed by atoms with Crippen molar-refractivity contribution in [3.8, 4) is 11.4 Å². The van der Waals surface area contributed by atoms with E-state index >= 15 is 0 Å². The van der Waals surface area contributed by atoms with Crippen LogP contribution in [0.25, 0.3) is 16.7 Å². The second-order valence-corrected chi connectivity index (χ2v) is 8.56. The van der Waals surface area contributed by atoms with Crippen LogP contribution in [0.3, 0.4) is 0 Å². The first-order valence-electron chi connectivity index (χ1n) is 9.96. The van der Waals surface area contributed by atoms with E-state index in [2.05, 4.69) is 20.8 Å². The topological polar surface area (TPSA) is 81.1 Å². The number of hydrogen-bond donors (Lipinski definition) is 2. The Bertz CT molecular complexity index is 1340. The zero-order chi connectivity index (χ0) is 23.5. The Kier molecular flexibility index (Phi) is 6.78. The van der Waals surface area contributed by atoms with Gasteiger partial charge in [0.2, 0.25) is 0 Å². The van der Waals surface area contributed by atoms with E-state index in [-0.39, 0.29) is 5.11 Å². The lowest BCUT2D eigenvalue weighted by Crippen LogP contribution is -2.42.